The summed E-state index contributed by atoms with van der Waals surface area (Å²) >= 11 is 6.09. The molecule has 2 rings (SSSR count). The van der Waals surface area contributed by atoms with E-state index in [1.54, 1.807) is 0 Å². The van der Waals surface area contributed by atoms with Crippen molar-refractivity contribution in [2.75, 3.05) is 7.11 Å². The molecule has 1 N–H and O–H groups in total. The third-order valence-electron chi connectivity index (χ3n) is 3.82. The number of nitrogens with one attached hydrogen (secondary N) is 1. The predicted molar refractivity (Wildman–Crippen MR) is 76.3 cm³/mol. The van der Waals surface area contributed by atoms with Crippen LogP contribution in [0.15, 0.2) is 18.2 Å². The number of halogens is 1. The highest BCUT2D eigenvalue weighted by Gasteiger charge is 2.40. The van der Waals surface area contributed by atoms with Crippen LogP contribution < -0.4 is 5.32 Å². The molecule has 1 aromatic carbocycles. The summed E-state index contributed by atoms with van der Waals surface area (Å²) in [7, 11) is 1.41. The Bertz CT molecular complexity index is 499. The average molecular weight is 282 g/mol. The molecular formula is C15H20ClNO2. The maximum Gasteiger partial charge on any atom is 0.322 e. The van der Waals surface area contributed by atoms with Crippen molar-refractivity contribution >= 4 is 17.6 Å². The van der Waals surface area contributed by atoms with Crippen molar-refractivity contribution < 1.29 is 9.53 Å². The first-order valence-corrected chi connectivity index (χ1v) is 6.85. The minimum absolute atomic E-state index is 0.0509. The number of carbonyl (C=O) groups is 1. The van der Waals surface area contributed by atoms with Crippen LogP contribution in [0, 0.1) is 5.41 Å². The number of carbonyl (C=O) groups excluding carboxylic acids is 1. The lowest BCUT2D eigenvalue weighted by Gasteiger charge is -2.30. The van der Waals surface area contributed by atoms with Crippen molar-refractivity contribution in [3.05, 3.63) is 34.3 Å². The standard InChI is InChI=1S/C15H20ClNO2/c1-9(14(18)19-4)17-13-12-7-11(16)6-5-10(12)8-15(13,2)3/h5-7,9,13,17H,8H2,1-4H3/t9-,13?/m0/s1. The minimum Gasteiger partial charge on any atom is -0.468 e. The van der Waals surface area contributed by atoms with Crippen molar-refractivity contribution in [1.29, 1.82) is 0 Å². The van der Waals surface area contributed by atoms with Gasteiger partial charge in [0, 0.05) is 11.1 Å². The Hall–Kier alpha value is -1.06. The molecule has 19 heavy (non-hydrogen) atoms. The van der Waals surface area contributed by atoms with Gasteiger partial charge in [-0.25, -0.2) is 0 Å². The van der Waals surface area contributed by atoms with E-state index in [-0.39, 0.29) is 23.5 Å². The van der Waals surface area contributed by atoms with Crippen molar-refractivity contribution in [2.24, 2.45) is 5.41 Å². The first-order valence-electron chi connectivity index (χ1n) is 6.47. The largest absolute Gasteiger partial charge is 0.468 e. The summed E-state index contributed by atoms with van der Waals surface area (Å²) in [6.45, 7) is 6.22. The molecular weight excluding hydrogens is 262 g/mol. The summed E-state index contributed by atoms with van der Waals surface area (Å²) in [5, 5.41) is 4.10. The van der Waals surface area contributed by atoms with Gasteiger partial charge in [0.25, 0.3) is 0 Å². The molecule has 1 unspecified atom stereocenters. The van der Waals surface area contributed by atoms with Crippen molar-refractivity contribution in [3.63, 3.8) is 0 Å². The van der Waals surface area contributed by atoms with E-state index in [0.29, 0.717) is 0 Å². The van der Waals surface area contributed by atoms with E-state index < -0.39 is 0 Å². The molecule has 1 aromatic rings. The molecule has 0 spiro atoms. The van der Waals surface area contributed by atoms with Crippen LogP contribution in [-0.2, 0) is 16.0 Å². The van der Waals surface area contributed by atoms with Crippen LogP contribution in [0.1, 0.15) is 37.9 Å². The molecule has 3 nitrogen and oxygen atoms in total. The van der Waals surface area contributed by atoms with Crippen LogP contribution in [0.4, 0.5) is 0 Å². The van der Waals surface area contributed by atoms with Gasteiger partial charge in [-0.15, -0.1) is 0 Å². The van der Waals surface area contributed by atoms with E-state index in [0.717, 1.165) is 11.4 Å². The molecule has 4 heteroatoms. The summed E-state index contributed by atoms with van der Waals surface area (Å²) in [5.74, 6) is -0.244. The molecule has 0 bridgehead atoms. The van der Waals surface area contributed by atoms with E-state index in [2.05, 4.69) is 25.2 Å². The fourth-order valence-corrected chi connectivity index (χ4v) is 3.00. The number of methoxy groups -OCH3 is 1. The topological polar surface area (TPSA) is 38.3 Å². The van der Waals surface area contributed by atoms with E-state index in [4.69, 9.17) is 16.3 Å². The summed E-state index contributed by atoms with van der Waals surface area (Å²) in [5.41, 5.74) is 2.53. The van der Waals surface area contributed by atoms with Gasteiger partial charge in [0.1, 0.15) is 6.04 Å². The van der Waals surface area contributed by atoms with Gasteiger partial charge >= 0.3 is 5.97 Å². The Labute approximate surface area is 119 Å². The molecule has 0 aliphatic heterocycles. The normalized spacial score (nSPS) is 21.8. The number of hydrogen-bond donors (Lipinski definition) is 1. The molecule has 1 aliphatic carbocycles. The SMILES string of the molecule is COC(=O)[C@H](C)NC1c2cc(Cl)ccc2CC1(C)C. The van der Waals surface area contributed by atoms with Gasteiger partial charge in [-0.05, 0) is 42.0 Å². The zero-order chi connectivity index (χ0) is 14.2. The Morgan fingerprint density at radius 2 is 2.21 bits per heavy atom. The molecule has 1 aliphatic rings. The van der Waals surface area contributed by atoms with Gasteiger partial charge in [0.2, 0.25) is 0 Å². The second-order valence-electron chi connectivity index (χ2n) is 5.85. The molecule has 0 aromatic heterocycles. The lowest BCUT2D eigenvalue weighted by molar-refractivity contribution is -0.143. The number of esters is 1. The summed E-state index contributed by atoms with van der Waals surface area (Å²) in [6.07, 6.45) is 0.977. The molecule has 0 radical (unpaired) electrons. The number of fused-ring (bicyclic) bond motifs is 1. The molecule has 0 amide bonds. The van der Waals surface area contributed by atoms with E-state index in [9.17, 15) is 4.79 Å². The van der Waals surface area contributed by atoms with Gasteiger partial charge in [-0.3, -0.25) is 10.1 Å². The van der Waals surface area contributed by atoms with Crippen LogP contribution in [0.3, 0.4) is 0 Å². The minimum atomic E-state index is -0.334. The number of hydrogen-bond acceptors (Lipinski definition) is 3. The van der Waals surface area contributed by atoms with Gasteiger partial charge in [-0.1, -0.05) is 31.5 Å². The average Bonchev–Trinajstić information content (AvgIpc) is 2.59. The third kappa shape index (κ3) is 2.77. The van der Waals surface area contributed by atoms with E-state index >= 15 is 0 Å². The molecule has 0 saturated heterocycles. The summed E-state index contributed by atoms with van der Waals surface area (Å²) < 4.78 is 4.77. The first kappa shape index (κ1) is 14.4. The Balaban J connectivity index is 2.29. The van der Waals surface area contributed by atoms with E-state index in [1.807, 2.05) is 19.1 Å². The molecule has 0 heterocycles. The Morgan fingerprint density at radius 1 is 1.53 bits per heavy atom. The highest BCUT2D eigenvalue weighted by atomic mass is 35.5. The predicted octanol–water partition coefficient (Wildman–Crippen LogP) is 3.11. The zero-order valence-electron chi connectivity index (χ0n) is 11.8. The zero-order valence-corrected chi connectivity index (χ0v) is 12.5. The quantitative estimate of drug-likeness (QED) is 0.865. The van der Waals surface area contributed by atoms with Crippen molar-refractivity contribution in [3.8, 4) is 0 Å². The first-order chi connectivity index (χ1) is 8.85. The lowest BCUT2D eigenvalue weighted by atomic mass is 9.85. The maximum absolute atomic E-state index is 11.6. The highest BCUT2D eigenvalue weighted by Crippen LogP contribution is 2.46. The van der Waals surface area contributed by atoms with Crippen LogP contribution in [-0.4, -0.2) is 19.1 Å². The summed E-state index contributed by atoms with van der Waals surface area (Å²) in [6, 6.07) is 5.76. The van der Waals surface area contributed by atoms with Crippen molar-refractivity contribution in [2.45, 2.75) is 39.3 Å². The van der Waals surface area contributed by atoms with Gasteiger partial charge < -0.3 is 4.74 Å². The van der Waals surface area contributed by atoms with Crippen LogP contribution in [0.5, 0.6) is 0 Å². The van der Waals surface area contributed by atoms with Gasteiger partial charge in [-0.2, -0.15) is 0 Å². The second-order valence-corrected chi connectivity index (χ2v) is 6.29. The fourth-order valence-electron chi connectivity index (χ4n) is 2.82. The fraction of sp³-hybridized carbons (Fsp3) is 0.533. The van der Waals surface area contributed by atoms with Crippen LogP contribution in [0.25, 0.3) is 0 Å². The van der Waals surface area contributed by atoms with Crippen LogP contribution in [0.2, 0.25) is 5.02 Å². The molecule has 0 fully saturated rings. The third-order valence-corrected chi connectivity index (χ3v) is 4.05. The van der Waals surface area contributed by atoms with Gasteiger partial charge in [0.15, 0.2) is 0 Å². The lowest BCUT2D eigenvalue weighted by Crippen LogP contribution is -2.41. The second kappa shape index (κ2) is 5.14. The monoisotopic (exact) mass is 281 g/mol. The Morgan fingerprint density at radius 3 is 2.84 bits per heavy atom. The van der Waals surface area contributed by atoms with E-state index in [1.165, 1.54) is 18.2 Å². The van der Waals surface area contributed by atoms with Crippen molar-refractivity contribution in [1.82, 2.24) is 5.32 Å². The smallest absolute Gasteiger partial charge is 0.322 e. The molecule has 104 valence electrons. The number of rotatable bonds is 3. The number of ether oxygens (including phenoxy) is 1. The number of benzene rings is 1. The Kier molecular flexibility index (Phi) is 3.88. The molecule has 0 saturated carbocycles. The maximum atomic E-state index is 11.6. The van der Waals surface area contributed by atoms with Crippen LogP contribution >= 0.6 is 11.6 Å². The molecule has 2 atom stereocenters. The summed E-state index contributed by atoms with van der Waals surface area (Å²) in [4.78, 5) is 11.6. The highest BCUT2D eigenvalue weighted by molar-refractivity contribution is 6.30. The van der Waals surface area contributed by atoms with Gasteiger partial charge in [0.05, 0.1) is 7.11 Å².